The van der Waals surface area contributed by atoms with Crippen molar-refractivity contribution in [2.45, 2.75) is 58.0 Å². The number of carbonyl (C=O) groups excluding carboxylic acids is 2. The van der Waals surface area contributed by atoms with Gasteiger partial charge in [-0.1, -0.05) is 82.1 Å². The zero-order valence-electron chi connectivity index (χ0n) is 19.3. The van der Waals surface area contributed by atoms with E-state index in [1.807, 2.05) is 57.2 Å². The molecule has 0 fully saturated rings. The maximum atomic E-state index is 12.8. The summed E-state index contributed by atoms with van der Waals surface area (Å²) in [7, 11) is 0. The van der Waals surface area contributed by atoms with Crippen molar-refractivity contribution in [1.29, 1.82) is 0 Å². The van der Waals surface area contributed by atoms with E-state index in [0.29, 0.717) is 19.3 Å². The van der Waals surface area contributed by atoms with Gasteiger partial charge in [0.25, 0.3) is 0 Å². The van der Waals surface area contributed by atoms with Gasteiger partial charge in [-0.15, -0.1) is 0 Å². The molecular formula is C26H32N2O5. The molecule has 0 radical (unpaired) electrons. The molecule has 0 spiro atoms. The molecule has 3 rings (SSSR count). The van der Waals surface area contributed by atoms with E-state index in [4.69, 9.17) is 4.74 Å². The predicted molar refractivity (Wildman–Crippen MR) is 126 cm³/mol. The van der Waals surface area contributed by atoms with Crippen LogP contribution in [0.15, 0.2) is 48.5 Å². The first-order valence-electron chi connectivity index (χ1n) is 11.5. The van der Waals surface area contributed by atoms with Crippen molar-refractivity contribution in [1.82, 2.24) is 10.6 Å². The van der Waals surface area contributed by atoms with E-state index in [1.54, 1.807) is 0 Å². The Labute approximate surface area is 194 Å². The molecule has 0 heterocycles. The molecule has 2 amide bonds. The molecule has 7 heteroatoms. The molecule has 7 nitrogen and oxygen atoms in total. The summed E-state index contributed by atoms with van der Waals surface area (Å²) in [5, 5.41) is 14.6. The predicted octanol–water partition coefficient (Wildman–Crippen LogP) is 4.31. The van der Waals surface area contributed by atoms with Crippen LogP contribution < -0.4 is 10.6 Å². The fourth-order valence-corrected chi connectivity index (χ4v) is 4.28. The number of hydrogen-bond donors (Lipinski definition) is 3. The maximum Gasteiger partial charge on any atom is 0.407 e. The molecule has 2 aromatic rings. The van der Waals surface area contributed by atoms with Gasteiger partial charge in [0.2, 0.25) is 5.91 Å². The van der Waals surface area contributed by atoms with Gasteiger partial charge in [-0.25, -0.2) is 9.59 Å². The number of hydrogen-bond acceptors (Lipinski definition) is 4. The molecule has 1 unspecified atom stereocenters. The lowest BCUT2D eigenvalue weighted by Gasteiger charge is -2.25. The van der Waals surface area contributed by atoms with Crippen molar-refractivity contribution in [3.8, 4) is 11.1 Å². The van der Waals surface area contributed by atoms with Gasteiger partial charge in [0.05, 0.1) is 0 Å². The number of aliphatic carboxylic acids is 1. The average molecular weight is 453 g/mol. The van der Waals surface area contributed by atoms with E-state index in [2.05, 4.69) is 22.8 Å². The summed E-state index contributed by atoms with van der Waals surface area (Å²) < 4.78 is 5.57. The lowest BCUT2D eigenvalue weighted by Crippen LogP contribution is -2.54. The fourth-order valence-electron chi connectivity index (χ4n) is 4.28. The van der Waals surface area contributed by atoms with Crippen LogP contribution in [0.5, 0.6) is 0 Å². The summed E-state index contributed by atoms with van der Waals surface area (Å²) >= 11 is 0. The van der Waals surface area contributed by atoms with Gasteiger partial charge in [0, 0.05) is 5.92 Å². The molecule has 33 heavy (non-hydrogen) atoms. The first-order valence-corrected chi connectivity index (χ1v) is 11.5. The number of fused-ring (bicyclic) bond motifs is 3. The van der Waals surface area contributed by atoms with Gasteiger partial charge < -0.3 is 20.5 Å². The first-order chi connectivity index (χ1) is 15.9. The van der Waals surface area contributed by atoms with Gasteiger partial charge in [-0.2, -0.15) is 0 Å². The number of alkyl carbamates (subject to hydrolysis) is 1. The minimum absolute atomic E-state index is 0.0834. The summed E-state index contributed by atoms with van der Waals surface area (Å²) in [4.78, 5) is 36.9. The summed E-state index contributed by atoms with van der Waals surface area (Å²) in [6, 6.07) is 14.2. The molecular weight excluding hydrogens is 420 g/mol. The SMILES string of the molecule is CCC[C@H](NC(=O)[C@@H](NC(=O)OCC1c2ccccc2-c2ccccc21)C(C)CC)C(=O)O. The first kappa shape index (κ1) is 24.3. The minimum atomic E-state index is -1.09. The van der Waals surface area contributed by atoms with Gasteiger partial charge in [-0.3, -0.25) is 4.79 Å². The van der Waals surface area contributed by atoms with Crippen LogP contribution in [-0.4, -0.2) is 41.8 Å². The van der Waals surface area contributed by atoms with Crippen molar-refractivity contribution in [3.05, 3.63) is 59.7 Å². The van der Waals surface area contributed by atoms with Crippen LogP contribution in [0.4, 0.5) is 4.79 Å². The number of carboxylic acids is 1. The number of carbonyl (C=O) groups is 3. The molecule has 3 N–H and O–H groups in total. The number of amides is 2. The highest BCUT2D eigenvalue weighted by molar-refractivity contribution is 5.89. The maximum absolute atomic E-state index is 12.8. The fraction of sp³-hybridized carbons (Fsp3) is 0.423. The Kier molecular flexibility index (Phi) is 8.09. The van der Waals surface area contributed by atoms with Crippen molar-refractivity contribution in [2.24, 2.45) is 5.92 Å². The summed E-state index contributed by atoms with van der Waals surface area (Å²) in [5.41, 5.74) is 4.47. The monoisotopic (exact) mass is 452 g/mol. The Morgan fingerprint density at radius 2 is 1.55 bits per heavy atom. The number of benzene rings is 2. The third-order valence-corrected chi connectivity index (χ3v) is 6.30. The molecule has 0 saturated carbocycles. The molecule has 1 aliphatic rings. The number of carboxylic acid groups (broad SMARTS) is 1. The van der Waals surface area contributed by atoms with Gasteiger partial charge in [0.1, 0.15) is 18.7 Å². The average Bonchev–Trinajstić information content (AvgIpc) is 3.14. The lowest BCUT2D eigenvalue weighted by molar-refractivity contribution is -0.142. The van der Waals surface area contributed by atoms with Crippen molar-refractivity contribution >= 4 is 18.0 Å². The topological polar surface area (TPSA) is 105 Å². The van der Waals surface area contributed by atoms with E-state index >= 15 is 0 Å². The van der Waals surface area contributed by atoms with Crippen LogP contribution >= 0.6 is 0 Å². The molecule has 0 aliphatic heterocycles. The Bertz CT molecular complexity index is 960. The lowest BCUT2D eigenvalue weighted by atomic mass is 9.97. The standard InChI is InChI=1S/C26H32N2O5/c1-4-10-22(25(30)31)27-24(29)23(16(3)5-2)28-26(32)33-15-21-19-13-8-6-11-17(19)18-12-7-9-14-20(18)21/h6-9,11-14,16,21-23H,4-5,10,15H2,1-3H3,(H,27,29)(H,28,32)(H,30,31)/t16?,22-,23-/m0/s1. The highest BCUT2D eigenvalue weighted by atomic mass is 16.5. The highest BCUT2D eigenvalue weighted by Gasteiger charge is 2.32. The molecule has 1 aliphatic carbocycles. The Balaban J connectivity index is 1.68. The second-order valence-corrected chi connectivity index (χ2v) is 8.52. The van der Waals surface area contributed by atoms with E-state index in [-0.39, 0.29) is 18.4 Å². The number of rotatable bonds is 10. The second-order valence-electron chi connectivity index (χ2n) is 8.52. The van der Waals surface area contributed by atoms with Crippen LogP contribution in [0.3, 0.4) is 0 Å². The number of ether oxygens (including phenoxy) is 1. The van der Waals surface area contributed by atoms with Crippen molar-refractivity contribution < 1.29 is 24.2 Å². The van der Waals surface area contributed by atoms with E-state index in [9.17, 15) is 19.5 Å². The van der Waals surface area contributed by atoms with Crippen LogP contribution in [0.25, 0.3) is 11.1 Å². The highest BCUT2D eigenvalue weighted by Crippen LogP contribution is 2.44. The zero-order valence-corrected chi connectivity index (χ0v) is 19.3. The Morgan fingerprint density at radius 1 is 0.970 bits per heavy atom. The molecule has 0 bridgehead atoms. The van der Waals surface area contributed by atoms with E-state index in [0.717, 1.165) is 22.3 Å². The summed E-state index contributed by atoms with van der Waals surface area (Å²) in [6.45, 7) is 5.74. The van der Waals surface area contributed by atoms with Gasteiger partial charge in [0.15, 0.2) is 0 Å². The molecule has 2 aromatic carbocycles. The van der Waals surface area contributed by atoms with Crippen LogP contribution in [0.2, 0.25) is 0 Å². The summed E-state index contributed by atoms with van der Waals surface area (Å²) in [5.74, 6) is -1.88. The van der Waals surface area contributed by atoms with Crippen molar-refractivity contribution in [2.75, 3.05) is 6.61 Å². The van der Waals surface area contributed by atoms with Crippen LogP contribution in [0, 0.1) is 5.92 Å². The largest absolute Gasteiger partial charge is 0.480 e. The molecule has 0 aromatic heterocycles. The van der Waals surface area contributed by atoms with Gasteiger partial charge >= 0.3 is 12.1 Å². The second kappa shape index (κ2) is 11.0. The van der Waals surface area contributed by atoms with Crippen LogP contribution in [0.1, 0.15) is 57.1 Å². The summed E-state index contributed by atoms with van der Waals surface area (Å²) in [6.07, 6.45) is 0.872. The third-order valence-electron chi connectivity index (χ3n) is 6.30. The van der Waals surface area contributed by atoms with E-state index < -0.39 is 30.1 Å². The third kappa shape index (κ3) is 5.53. The Hall–Kier alpha value is -3.35. The zero-order chi connectivity index (χ0) is 24.0. The smallest absolute Gasteiger partial charge is 0.407 e. The molecule has 3 atom stereocenters. The van der Waals surface area contributed by atoms with E-state index in [1.165, 1.54) is 0 Å². The molecule has 176 valence electrons. The number of nitrogens with one attached hydrogen (secondary N) is 2. The molecule has 0 saturated heterocycles. The quantitative estimate of drug-likeness (QED) is 0.498. The minimum Gasteiger partial charge on any atom is -0.480 e. The Morgan fingerprint density at radius 3 is 2.06 bits per heavy atom. The normalized spacial score (nSPS) is 15.0. The van der Waals surface area contributed by atoms with Gasteiger partial charge in [-0.05, 0) is 34.6 Å². The van der Waals surface area contributed by atoms with Crippen molar-refractivity contribution in [3.63, 3.8) is 0 Å². The van der Waals surface area contributed by atoms with Crippen LogP contribution in [-0.2, 0) is 14.3 Å².